The van der Waals surface area contributed by atoms with Crippen molar-refractivity contribution in [3.05, 3.63) is 0 Å². The van der Waals surface area contributed by atoms with Crippen molar-refractivity contribution >= 4 is 33.3 Å². The van der Waals surface area contributed by atoms with E-state index in [1.54, 1.807) is 0 Å². The van der Waals surface area contributed by atoms with Crippen molar-refractivity contribution < 1.29 is 4.74 Å². The third-order valence-electron chi connectivity index (χ3n) is 4.77. The molecule has 0 spiro atoms. The maximum absolute atomic E-state index is 5.40. The lowest BCUT2D eigenvalue weighted by molar-refractivity contribution is 0.0381. The molecule has 0 aliphatic carbocycles. The molecule has 0 aromatic carbocycles. The van der Waals surface area contributed by atoms with E-state index in [9.17, 15) is 0 Å². The van der Waals surface area contributed by atoms with Crippen LogP contribution in [0.25, 0.3) is 0 Å². The lowest BCUT2D eigenvalue weighted by Crippen LogP contribution is -2.37. The van der Waals surface area contributed by atoms with E-state index in [0.29, 0.717) is 0 Å². The fourth-order valence-electron chi connectivity index (χ4n) is 3.49. The molecule has 2 aliphatic heterocycles. The van der Waals surface area contributed by atoms with Gasteiger partial charge >= 0.3 is 0 Å². The second-order valence-electron chi connectivity index (χ2n) is 6.67. The summed E-state index contributed by atoms with van der Waals surface area (Å²) in [6.45, 7) is 11.8. The Labute approximate surface area is 155 Å². The zero-order valence-corrected chi connectivity index (χ0v) is 17.3. The highest BCUT2D eigenvalue weighted by Crippen LogP contribution is 2.27. The van der Waals surface area contributed by atoms with Crippen molar-refractivity contribution in [2.75, 3.05) is 70.2 Å². The molecule has 136 valence electrons. The summed E-state index contributed by atoms with van der Waals surface area (Å²) in [5.41, 5.74) is 0. The van der Waals surface area contributed by atoms with Crippen LogP contribution in [-0.4, -0.2) is 85.3 Å². The standard InChI is InChI=1S/C17H34N2OS3/c1-16(22-12-3-5-18-7-10-20-11-8-18)14-17-4-6-19(15-17)9-13-23-21-2/h16-17H,3-15H2,1-2H3. The molecule has 0 radical (unpaired) electrons. The fourth-order valence-corrected chi connectivity index (χ4v) is 5.82. The Balaban J connectivity index is 1.47. The lowest BCUT2D eigenvalue weighted by Gasteiger charge is -2.26. The van der Waals surface area contributed by atoms with Crippen molar-refractivity contribution in [2.24, 2.45) is 5.92 Å². The first kappa shape index (κ1) is 20.2. The van der Waals surface area contributed by atoms with Crippen LogP contribution in [0.1, 0.15) is 26.2 Å². The Bertz CT molecular complexity index is 304. The summed E-state index contributed by atoms with van der Waals surface area (Å²) in [5, 5.41) is 0.824. The van der Waals surface area contributed by atoms with Crippen LogP contribution in [0.4, 0.5) is 0 Å². The maximum Gasteiger partial charge on any atom is 0.0594 e. The number of hydrogen-bond acceptors (Lipinski definition) is 6. The van der Waals surface area contributed by atoms with Gasteiger partial charge in [-0.3, -0.25) is 4.90 Å². The highest BCUT2D eigenvalue weighted by atomic mass is 33.1. The van der Waals surface area contributed by atoms with E-state index in [4.69, 9.17) is 4.74 Å². The predicted octanol–water partition coefficient (Wildman–Crippen LogP) is 3.55. The topological polar surface area (TPSA) is 15.7 Å². The third-order valence-corrected chi connectivity index (χ3v) is 7.85. The number of likely N-dealkylation sites (tertiary alicyclic amines) is 1. The molecule has 2 unspecified atom stereocenters. The predicted molar refractivity (Wildman–Crippen MR) is 109 cm³/mol. The Morgan fingerprint density at radius 2 is 1.91 bits per heavy atom. The number of nitrogens with zero attached hydrogens (tertiary/aromatic N) is 2. The number of hydrogen-bond donors (Lipinski definition) is 0. The second kappa shape index (κ2) is 12.3. The molecule has 0 aromatic rings. The van der Waals surface area contributed by atoms with E-state index in [0.717, 1.165) is 37.5 Å². The summed E-state index contributed by atoms with van der Waals surface area (Å²) in [6, 6.07) is 0. The van der Waals surface area contributed by atoms with Gasteiger partial charge in [0.25, 0.3) is 0 Å². The first-order valence-corrected chi connectivity index (χ1v) is 12.8. The van der Waals surface area contributed by atoms with E-state index in [1.165, 1.54) is 56.9 Å². The molecular weight excluding hydrogens is 344 g/mol. The van der Waals surface area contributed by atoms with Gasteiger partial charge in [0.1, 0.15) is 0 Å². The van der Waals surface area contributed by atoms with Crippen LogP contribution in [0.15, 0.2) is 0 Å². The minimum absolute atomic E-state index is 0.824. The summed E-state index contributed by atoms with van der Waals surface area (Å²) in [4.78, 5) is 5.22. The Morgan fingerprint density at radius 1 is 1.09 bits per heavy atom. The van der Waals surface area contributed by atoms with Crippen molar-refractivity contribution in [1.29, 1.82) is 0 Å². The summed E-state index contributed by atoms with van der Waals surface area (Å²) in [7, 11) is 3.89. The lowest BCUT2D eigenvalue weighted by atomic mass is 10.0. The van der Waals surface area contributed by atoms with E-state index in [-0.39, 0.29) is 0 Å². The first-order valence-electron chi connectivity index (χ1n) is 9.07. The van der Waals surface area contributed by atoms with Crippen LogP contribution in [0, 0.1) is 5.92 Å². The zero-order valence-electron chi connectivity index (χ0n) is 14.9. The third kappa shape index (κ3) is 8.73. The van der Waals surface area contributed by atoms with Gasteiger partial charge < -0.3 is 9.64 Å². The van der Waals surface area contributed by atoms with Gasteiger partial charge in [-0.25, -0.2) is 0 Å². The summed E-state index contributed by atoms with van der Waals surface area (Å²) in [6.07, 6.45) is 6.34. The van der Waals surface area contributed by atoms with Crippen LogP contribution in [0.3, 0.4) is 0 Å². The van der Waals surface area contributed by atoms with Crippen molar-refractivity contribution in [3.63, 3.8) is 0 Å². The van der Waals surface area contributed by atoms with Gasteiger partial charge in [0.2, 0.25) is 0 Å². The van der Waals surface area contributed by atoms with Gasteiger partial charge in [-0.05, 0) is 50.3 Å². The van der Waals surface area contributed by atoms with Crippen LogP contribution in [0.2, 0.25) is 0 Å². The maximum atomic E-state index is 5.40. The van der Waals surface area contributed by atoms with E-state index >= 15 is 0 Å². The molecule has 0 aromatic heterocycles. The van der Waals surface area contributed by atoms with E-state index in [2.05, 4.69) is 34.7 Å². The normalized spacial score (nSPS) is 25.0. The average Bonchev–Trinajstić information content (AvgIpc) is 3.00. The van der Waals surface area contributed by atoms with E-state index < -0.39 is 0 Å². The number of morpholine rings is 1. The second-order valence-corrected chi connectivity index (χ2v) is 10.9. The van der Waals surface area contributed by atoms with Crippen LogP contribution < -0.4 is 0 Å². The average molecular weight is 379 g/mol. The van der Waals surface area contributed by atoms with Gasteiger partial charge in [-0.2, -0.15) is 11.8 Å². The molecule has 0 bridgehead atoms. The molecular formula is C17H34N2OS3. The monoisotopic (exact) mass is 378 g/mol. The molecule has 23 heavy (non-hydrogen) atoms. The summed E-state index contributed by atoms with van der Waals surface area (Å²) >= 11 is 2.19. The molecule has 0 amide bonds. The SMILES string of the molecule is CSSCCN1CCC(CC(C)SCCCN2CCOCC2)C1. The molecule has 2 fully saturated rings. The van der Waals surface area contributed by atoms with E-state index in [1.807, 2.05) is 21.6 Å². The van der Waals surface area contributed by atoms with Gasteiger partial charge in [-0.1, -0.05) is 28.5 Å². The quantitative estimate of drug-likeness (QED) is 0.401. The molecule has 2 rings (SSSR count). The molecule has 2 aliphatic rings. The van der Waals surface area contributed by atoms with Crippen molar-refractivity contribution in [3.8, 4) is 0 Å². The van der Waals surface area contributed by atoms with Crippen LogP contribution in [-0.2, 0) is 4.74 Å². The Morgan fingerprint density at radius 3 is 2.70 bits per heavy atom. The summed E-state index contributed by atoms with van der Waals surface area (Å²) in [5.74, 6) is 3.54. The molecule has 0 N–H and O–H groups in total. The Hall–Kier alpha value is 0.930. The minimum Gasteiger partial charge on any atom is -0.379 e. The molecule has 3 nitrogen and oxygen atoms in total. The number of rotatable bonds is 11. The number of thioether (sulfide) groups is 1. The van der Waals surface area contributed by atoms with Gasteiger partial charge in [0.05, 0.1) is 13.2 Å². The van der Waals surface area contributed by atoms with Gasteiger partial charge in [0, 0.05) is 37.2 Å². The van der Waals surface area contributed by atoms with Gasteiger partial charge in [-0.15, -0.1) is 0 Å². The fraction of sp³-hybridized carbons (Fsp3) is 1.00. The smallest absolute Gasteiger partial charge is 0.0594 e. The van der Waals surface area contributed by atoms with Crippen LogP contribution >= 0.6 is 33.3 Å². The van der Waals surface area contributed by atoms with Gasteiger partial charge in [0.15, 0.2) is 0 Å². The first-order chi connectivity index (χ1) is 11.3. The minimum atomic E-state index is 0.824. The largest absolute Gasteiger partial charge is 0.379 e. The zero-order chi connectivity index (χ0) is 16.3. The number of ether oxygens (including phenoxy) is 1. The molecule has 2 heterocycles. The molecule has 0 saturated carbocycles. The van der Waals surface area contributed by atoms with Crippen molar-refractivity contribution in [1.82, 2.24) is 9.80 Å². The van der Waals surface area contributed by atoms with Crippen molar-refractivity contribution in [2.45, 2.75) is 31.4 Å². The molecule has 2 saturated heterocycles. The van der Waals surface area contributed by atoms with Crippen LogP contribution in [0.5, 0.6) is 0 Å². The summed E-state index contributed by atoms with van der Waals surface area (Å²) < 4.78 is 5.40. The molecule has 6 heteroatoms. The highest BCUT2D eigenvalue weighted by Gasteiger charge is 2.23. The molecule has 2 atom stereocenters. The highest BCUT2D eigenvalue weighted by molar-refractivity contribution is 8.76. The Kier molecular flexibility index (Phi) is 10.8.